The number of carbonyl (C=O) groups is 2. The molecule has 0 aliphatic carbocycles. The Labute approximate surface area is 101 Å². The highest BCUT2D eigenvalue weighted by molar-refractivity contribution is 5.81. The van der Waals surface area contributed by atoms with Crippen LogP contribution in [0.25, 0.3) is 0 Å². The van der Waals surface area contributed by atoms with Crippen LogP contribution in [0, 0.1) is 0 Å². The zero-order chi connectivity index (χ0) is 13.1. The minimum absolute atomic E-state index is 0.0223. The highest BCUT2D eigenvalue weighted by Gasteiger charge is 2.33. The number of nitrogens with one attached hydrogen (secondary N) is 1. The number of esters is 1. The Kier molecular flexibility index (Phi) is 4.34. The number of ether oxygens (including phenoxy) is 3. The van der Waals surface area contributed by atoms with Gasteiger partial charge in [-0.2, -0.15) is 0 Å². The lowest BCUT2D eigenvalue weighted by Gasteiger charge is -2.22. The lowest BCUT2D eigenvalue weighted by molar-refractivity contribution is -0.143. The minimum Gasteiger partial charge on any atom is -0.467 e. The van der Waals surface area contributed by atoms with Crippen molar-refractivity contribution in [1.82, 2.24) is 5.32 Å². The summed E-state index contributed by atoms with van der Waals surface area (Å²) in [5, 5.41) is 2.48. The molecule has 2 atom stereocenters. The normalized spacial score (nSPS) is 20.4. The number of hydrogen-bond donors (Lipinski definition) is 1. The maximum atomic E-state index is 11.5. The molecule has 17 heavy (non-hydrogen) atoms. The van der Waals surface area contributed by atoms with Crippen LogP contribution < -0.4 is 5.32 Å². The van der Waals surface area contributed by atoms with E-state index in [1.54, 1.807) is 20.8 Å². The summed E-state index contributed by atoms with van der Waals surface area (Å²) in [6.45, 7) is 5.88. The van der Waals surface area contributed by atoms with E-state index in [0.717, 1.165) is 0 Å². The maximum Gasteiger partial charge on any atom is 0.408 e. The van der Waals surface area contributed by atoms with Crippen LogP contribution in [0.3, 0.4) is 0 Å². The summed E-state index contributed by atoms with van der Waals surface area (Å²) in [7, 11) is 1.28. The number of rotatable bonds is 4. The van der Waals surface area contributed by atoms with Crippen molar-refractivity contribution < 1.29 is 23.8 Å². The van der Waals surface area contributed by atoms with Gasteiger partial charge in [-0.1, -0.05) is 0 Å². The van der Waals surface area contributed by atoms with Gasteiger partial charge in [0.2, 0.25) is 0 Å². The third kappa shape index (κ3) is 5.53. The van der Waals surface area contributed by atoms with E-state index in [1.165, 1.54) is 7.11 Å². The first-order valence-corrected chi connectivity index (χ1v) is 5.51. The average molecular weight is 245 g/mol. The van der Waals surface area contributed by atoms with Gasteiger partial charge in [-0.25, -0.2) is 9.59 Å². The van der Waals surface area contributed by atoms with E-state index in [4.69, 9.17) is 9.47 Å². The van der Waals surface area contributed by atoms with Gasteiger partial charge in [0.25, 0.3) is 0 Å². The van der Waals surface area contributed by atoms with Gasteiger partial charge >= 0.3 is 12.1 Å². The lowest BCUT2D eigenvalue weighted by atomic mass is 10.1. The second-order valence-electron chi connectivity index (χ2n) is 4.91. The zero-order valence-electron chi connectivity index (χ0n) is 10.6. The molecule has 0 aromatic rings. The molecule has 0 spiro atoms. The molecule has 6 nitrogen and oxygen atoms in total. The number of methoxy groups -OCH3 is 1. The third-order valence-electron chi connectivity index (χ3n) is 2.08. The Bertz CT molecular complexity index is 293. The van der Waals surface area contributed by atoms with E-state index in [0.29, 0.717) is 13.0 Å². The second-order valence-corrected chi connectivity index (χ2v) is 4.91. The molecule has 1 saturated heterocycles. The molecule has 1 N–H and O–H groups in total. The monoisotopic (exact) mass is 245 g/mol. The van der Waals surface area contributed by atoms with Crippen molar-refractivity contribution in [3.8, 4) is 0 Å². The fourth-order valence-electron chi connectivity index (χ4n) is 1.27. The molecule has 0 radical (unpaired) electrons. The molecule has 1 aliphatic rings. The van der Waals surface area contributed by atoms with Gasteiger partial charge in [-0.15, -0.1) is 0 Å². The highest BCUT2D eigenvalue weighted by atomic mass is 16.6. The van der Waals surface area contributed by atoms with Crippen molar-refractivity contribution in [2.45, 2.75) is 44.9 Å². The molecule has 0 saturated carbocycles. The molecule has 1 rings (SSSR count). The van der Waals surface area contributed by atoms with Gasteiger partial charge in [-0.05, 0) is 20.8 Å². The van der Waals surface area contributed by atoms with Gasteiger partial charge in [0.15, 0.2) is 0 Å². The van der Waals surface area contributed by atoms with Crippen molar-refractivity contribution in [3.05, 3.63) is 0 Å². The molecular formula is C11H19NO5. The van der Waals surface area contributed by atoms with Crippen molar-refractivity contribution in [2.75, 3.05) is 13.7 Å². The number of amides is 1. The van der Waals surface area contributed by atoms with Crippen LogP contribution in [0.15, 0.2) is 0 Å². The molecule has 0 aromatic carbocycles. The summed E-state index contributed by atoms with van der Waals surface area (Å²) in [6.07, 6.45) is -0.200. The predicted octanol–water partition coefficient (Wildman–Crippen LogP) is 0.842. The van der Waals surface area contributed by atoms with Gasteiger partial charge in [0, 0.05) is 6.42 Å². The number of carbonyl (C=O) groups excluding carboxylic acids is 2. The Morgan fingerprint density at radius 3 is 2.47 bits per heavy atom. The van der Waals surface area contributed by atoms with E-state index in [-0.39, 0.29) is 6.10 Å². The Morgan fingerprint density at radius 1 is 1.47 bits per heavy atom. The Morgan fingerprint density at radius 2 is 2.06 bits per heavy atom. The summed E-state index contributed by atoms with van der Waals surface area (Å²) in [5.74, 6) is -0.494. The first-order chi connectivity index (χ1) is 7.81. The van der Waals surface area contributed by atoms with E-state index in [1.807, 2.05) is 0 Å². The van der Waals surface area contributed by atoms with E-state index in [2.05, 4.69) is 10.1 Å². The lowest BCUT2D eigenvalue weighted by Crippen LogP contribution is -2.44. The fraction of sp³-hybridized carbons (Fsp3) is 0.818. The first-order valence-electron chi connectivity index (χ1n) is 5.51. The molecule has 1 unspecified atom stereocenters. The van der Waals surface area contributed by atoms with Crippen LogP contribution in [-0.2, 0) is 19.0 Å². The Hall–Kier alpha value is -1.30. The van der Waals surface area contributed by atoms with Crippen molar-refractivity contribution in [2.24, 2.45) is 0 Å². The van der Waals surface area contributed by atoms with E-state index in [9.17, 15) is 9.59 Å². The Balaban J connectivity index is 2.46. The van der Waals surface area contributed by atoms with E-state index >= 15 is 0 Å². The van der Waals surface area contributed by atoms with Crippen molar-refractivity contribution in [1.29, 1.82) is 0 Å². The van der Waals surface area contributed by atoms with E-state index < -0.39 is 23.7 Å². The maximum absolute atomic E-state index is 11.5. The van der Waals surface area contributed by atoms with Crippen molar-refractivity contribution >= 4 is 12.1 Å². The molecule has 0 bridgehead atoms. The van der Waals surface area contributed by atoms with Crippen LogP contribution in [0.2, 0.25) is 0 Å². The topological polar surface area (TPSA) is 77.2 Å². The molecule has 6 heteroatoms. The summed E-state index contributed by atoms with van der Waals surface area (Å²) < 4.78 is 14.7. The molecule has 1 amide bonds. The van der Waals surface area contributed by atoms with Crippen LogP contribution in [-0.4, -0.2) is 43.5 Å². The first kappa shape index (κ1) is 13.8. The zero-order valence-corrected chi connectivity index (χ0v) is 10.6. The van der Waals surface area contributed by atoms with Gasteiger partial charge in [0.1, 0.15) is 11.6 Å². The van der Waals surface area contributed by atoms with Crippen LogP contribution >= 0.6 is 0 Å². The van der Waals surface area contributed by atoms with Gasteiger partial charge in [0.05, 0.1) is 19.8 Å². The standard InChI is InChI=1S/C11H19NO5/c1-11(2,3)17-10(14)12-8(9(13)15-4)5-7-6-16-7/h7-8H,5-6H2,1-4H3,(H,12,14)/t7?,8-/m1/s1. The van der Waals surface area contributed by atoms with Crippen LogP contribution in [0.5, 0.6) is 0 Å². The summed E-state index contributed by atoms with van der Waals surface area (Å²) >= 11 is 0. The summed E-state index contributed by atoms with van der Waals surface area (Å²) in [6, 6.07) is -0.720. The quantitative estimate of drug-likeness (QED) is 0.586. The summed E-state index contributed by atoms with van der Waals surface area (Å²) in [4.78, 5) is 22.9. The van der Waals surface area contributed by atoms with Crippen molar-refractivity contribution in [3.63, 3.8) is 0 Å². The number of hydrogen-bond acceptors (Lipinski definition) is 5. The molecule has 1 heterocycles. The SMILES string of the molecule is COC(=O)[C@@H](CC1CO1)NC(=O)OC(C)(C)C. The fourth-order valence-corrected chi connectivity index (χ4v) is 1.27. The van der Waals surface area contributed by atoms with Crippen LogP contribution in [0.4, 0.5) is 4.79 Å². The second kappa shape index (κ2) is 5.35. The molecule has 1 fully saturated rings. The molecule has 0 aromatic heterocycles. The predicted molar refractivity (Wildman–Crippen MR) is 59.5 cm³/mol. The third-order valence-corrected chi connectivity index (χ3v) is 2.08. The smallest absolute Gasteiger partial charge is 0.408 e. The minimum atomic E-state index is -0.720. The summed E-state index contributed by atoms with van der Waals surface area (Å²) in [5.41, 5.74) is -0.596. The number of alkyl carbamates (subject to hydrolysis) is 1. The molecule has 1 aliphatic heterocycles. The average Bonchev–Trinajstić information content (AvgIpc) is 2.96. The largest absolute Gasteiger partial charge is 0.467 e. The van der Waals surface area contributed by atoms with Gasteiger partial charge in [-0.3, -0.25) is 0 Å². The van der Waals surface area contributed by atoms with Crippen LogP contribution in [0.1, 0.15) is 27.2 Å². The highest BCUT2D eigenvalue weighted by Crippen LogP contribution is 2.17. The molecule has 98 valence electrons. The number of epoxide rings is 1. The van der Waals surface area contributed by atoms with Gasteiger partial charge < -0.3 is 19.5 Å². The molecular weight excluding hydrogens is 226 g/mol.